The van der Waals surface area contributed by atoms with Crippen LogP contribution in [0.3, 0.4) is 0 Å². The average Bonchev–Trinajstić information content (AvgIpc) is 2.99. The van der Waals surface area contributed by atoms with Crippen molar-refractivity contribution < 1.29 is 5.11 Å². The predicted octanol–water partition coefficient (Wildman–Crippen LogP) is 6.93. The molecular formula is C22H25Cl3N2O. The van der Waals surface area contributed by atoms with E-state index in [-0.39, 0.29) is 6.17 Å². The summed E-state index contributed by atoms with van der Waals surface area (Å²) in [6, 6.07) is 13.1. The van der Waals surface area contributed by atoms with E-state index >= 15 is 0 Å². The van der Waals surface area contributed by atoms with E-state index in [1.165, 1.54) is 0 Å². The van der Waals surface area contributed by atoms with Gasteiger partial charge in [-0.25, -0.2) is 0 Å². The van der Waals surface area contributed by atoms with Crippen LogP contribution < -0.4 is 10.2 Å². The van der Waals surface area contributed by atoms with Crippen molar-refractivity contribution in [3.8, 4) is 0 Å². The van der Waals surface area contributed by atoms with Crippen LogP contribution in [0, 0.1) is 0 Å². The van der Waals surface area contributed by atoms with Gasteiger partial charge in [0.25, 0.3) is 0 Å². The van der Waals surface area contributed by atoms with Gasteiger partial charge in [-0.3, -0.25) is 0 Å². The molecule has 3 rings (SSSR count). The SMILES string of the molecule is CCCCC(C)(O)C1=C(C)N(c2ccc(Cl)cc2)C(c2ccc(Cl)cc2Cl)N1. The zero-order valence-corrected chi connectivity index (χ0v) is 18.5. The van der Waals surface area contributed by atoms with Crippen molar-refractivity contribution in [2.24, 2.45) is 0 Å². The van der Waals surface area contributed by atoms with E-state index in [1.807, 2.05) is 50.2 Å². The van der Waals surface area contributed by atoms with Crippen molar-refractivity contribution in [2.75, 3.05) is 4.90 Å². The summed E-state index contributed by atoms with van der Waals surface area (Å²) in [6.07, 6.45) is 2.39. The summed E-state index contributed by atoms with van der Waals surface area (Å²) in [7, 11) is 0. The van der Waals surface area contributed by atoms with E-state index in [0.29, 0.717) is 21.5 Å². The Balaban J connectivity index is 2.08. The summed E-state index contributed by atoms with van der Waals surface area (Å²) < 4.78 is 0. The molecule has 0 bridgehead atoms. The Labute approximate surface area is 181 Å². The first-order chi connectivity index (χ1) is 13.2. The number of rotatable bonds is 6. The second kappa shape index (κ2) is 8.54. The molecule has 0 amide bonds. The number of unbranched alkanes of at least 4 members (excludes halogenated alkanes) is 1. The average molecular weight is 440 g/mol. The van der Waals surface area contributed by atoms with E-state index in [0.717, 1.165) is 35.5 Å². The van der Waals surface area contributed by atoms with Gasteiger partial charge >= 0.3 is 0 Å². The Hall–Kier alpha value is -1.39. The largest absolute Gasteiger partial charge is 0.384 e. The Kier molecular flexibility index (Phi) is 6.51. The summed E-state index contributed by atoms with van der Waals surface area (Å²) >= 11 is 18.7. The fourth-order valence-electron chi connectivity index (χ4n) is 3.70. The maximum absolute atomic E-state index is 11.2. The Bertz CT molecular complexity index is 878. The first-order valence-electron chi connectivity index (χ1n) is 9.44. The Morgan fingerprint density at radius 2 is 1.71 bits per heavy atom. The van der Waals surface area contributed by atoms with Gasteiger partial charge in [0.05, 0.1) is 5.70 Å². The molecule has 2 atom stereocenters. The highest BCUT2D eigenvalue weighted by Crippen LogP contribution is 2.42. The molecule has 0 aromatic heterocycles. The lowest BCUT2D eigenvalue weighted by atomic mass is 9.94. The number of aliphatic hydroxyl groups is 1. The molecule has 2 N–H and O–H groups in total. The van der Waals surface area contributed by atoms with Crippen molar-refractivity contribution in [3.63, 3.8) is 0 Å². The predicted molar refractivity (Wildman–Crippen MR) is 119 cm³/mol. The molecule has 0 aliphatic carbocycles. The highest BCUT2D eigenvalue weighted by Gasteiger charge is 2.39. The highest BCUT2D eigenvalue weighted by atomic mass is 35.5. The van der Waals surface area contributed by atoms with E-state index in [4.69, 9.17) is 34.8 Å². The number of halogens is 3. The summed E-state index contributed by atoms with van der Waals surface area (Å²) in [6.45, 7) is 6.00. The van der Waals surface area contributed by atoms with E-state index in [2.05, 4.69) is 17.1 Å². The molecule has 2 aromatic rings. The second-order valence-corrected chi connectivity index (χ2v) is 8.68. The van der Waals surface area contributed by atoms with Crippen molar-refractivity contribution >= 4 is 40.5 Å². The zero-order chi connectivity index (χ0) is 20.5. The molecule has 0 saturated heterocycles. The molecule has 1 heterocycles. The van der Waals surface area contributed by atoms with Gasteiger partial charge in [-0.05, 0) is 56.7 Å². The monoisotopic (exact) mass is 438 g/mol. The third kappa shape index (κ3) is 4.28. The first-order valence-corrected chi connectivity index (χ1v) is 10.6. The van der Waals surface area contributed by atoms with Crippen LogP contribution in [0.4, 0.5) is 5.69 Å². The van der Waals surface area contributed by atoms with Crippen molar-refractivity contribution in [1.29, 1.82) is 0 Å². The lowest BCUT2D eigenvalue weighted by Crippen LogP contribution is -2.35. The van der Waals surface area contributed by atoms with Crippen LogP contribution in [-0.4, -0.2) is 10.7 Å². The van der Waals surface area contributed by atoms with Crippen LogP contribution in [0.2, 0.25) is 15.1 Å². The van der Waals surface area contributed by atoms with Gasteiger partial charge in [0.15, 0.2) is 0 Å². The fourth-order valence-corrected chi connectivity index (χ4v) is 4.33. The van der Waals surface area contributed by atoms with Gasteiger partial charge in [0, 0.05) is 32.0 Å². The van der Waals surface area contributed by atoms with Crippen LogP contribution in [0.5, 0.6) is 0 Å². The maximum Gasteiger partial charge on any atom is 0.131 e. The van der Waals surface area contributed by atoms with Crippen LogP contribution >= 0.6 is 34.8 Å². The van der Waals surface area contributed by atoms with Gasteiger partial charge in [-0.2, -0.15) is 0 Å². The minimum Gasteiger partial charge on any atom is -0.384 e. The molecule has 0 fully saturated rings. The molecule has 0 radical (unpaired) electrons. The first kappa shape index (κ1) is 21.3. The van der Waals surface area contributed by atoms with Gasteiger partial charge < -0.3 is 15.3 Å². The summed E-state index contributed by atoms with van der Waals surface area (Å²) in [4.78, 5) is 2.14. The molecular weight excluding hydrogens is 415 g/mol. The number of benzene rings is 2. The van der Waals surface area contributed by atoms with E-state index in [1.54, 1.807) is 6.07 Å². The molecule has 3 nitrogen and oxygen atoms in total. The zero-order valence-electron chi connectivity index (χ0n) is 16.3. The van der Waals surface area contributed by atoms with Crippen molar-refractivity contribution in [2.45, 2.75) is 51.8 Å². The number of anilines is 1. The quantitative estimate of drug-likeness (QED) is 0.512. The standard InChI is InChI=1S/C22H25Cl3N2O/c1-4-5-12-22(3,28)20-14(2)27(17-9-6-15(23)7-10-17)21(26-20)18-11-8-16(24)13-19(18)25/h6-11,13,21,26,28H,4-5,12H2,1-3H3. The number of nitrogens with one attached hydrogen (secondary N) is 1. The number of hydrogen-bond acceptors (Lipinski definition) is 3. The van der Waals surface area contributed by atoms with Gasteiger partial charge in [-0.1, -0.05) is 60.6 Å². The third-order valence-electron chi connectivity index (χ3n) is 5.18. The minimum atomic E-state index is -0.960. The summed E-state index contributed by atoms with van der Waals surface area (Å²) in [5.41, 5.74) is 2.66. The molecule has 6 heteroatoms. The van der Waals surface area contributed by atoms with Crippen LogP contribution in [-0.2, 0) is 0 Å². The lowest BCUT2D eigenvalue weighted by Gasteiger charge is -2.29. The molecule has 1 aliphatic rings. The minimum absolute atomic E-state index is 0.256. The molecule has 0 spiro atoms. The van der Waals surface area contributed by atoms with Gasteiger partial charge in [0.2, 0.25) is 0 Å². The number of allylic oxidation sites excluding steroid dienone is 1. The normalized spacial score (nSPS) is 19.0. The highest BCUT2D eigenvalue weighted by molar-refractivity contribution is 6.35. The van der Waals surface area contributed by atoms with Crippen molar-refractivity contribution in [3.05, 3.63) is 74.5 Å². The topological polar surface area (TPSA) is 35.5 Å². The van der Waals surface area contributed by atoms with Crippen LogP contribution in [0.1, 0.15) is 51.8 Å². The maximum atomic E-state index is 11.2. The van der Waals surface area contributed by atoms with E-state index in [9.17, 15) is 5.11 Å². The fraction of sp³-hybridized carbons (Fsp3) is 0.364. The number of nitrogens with zero attached hydrogens (tertiary/aromatic N) is 1. The van der Waals surface area contributed by atoms with Gasteiger partial charge in [0.1, 0.15) is 11.8 Å². The second-order valence-electron chi connectivity index (χ2n) is 7.40. The smallest absolute Gasteiger partial charge is 0.131 e. The molecule has 0 saturated carbocycles. The lowest BCUT2D eigenvalue weighted by molar-refractivity contribution is 0.0788. The van der Waals surface area contributed by atoms with Gasteiger partial charge in [-0.15, -0.1) is 0 Å². The molecule has 28 heavy (non-hydrogen) atoms. The molecule has 2 unspecified atom stereocenters. The van der Waals surface area contributed by atoms with Crippen molar-refractivity contribution in [1.82, 2.24) is 5.32 Å². The third-order valence-corrected chi connectivity index (χ3v) is 5.99. The van der Waals surface area contributed by atoms with Crippen LogP contribution in [0.15, 0.2) is 53.9 Å². The summed E-state index contributed by atoms with van der Waals surface area (Å²) in [5, 5.41) is 16.5. The molecule has 150 valence electrons. The van der Waals surface area contributed by atoms with Crippen LogP contribution in [0.25, 0.3) is 0 Å². The Morgan fingerprint density at radius 3 is 2.32 bits per heavy atom. The Morgan fingerprint density at radius 1 is 1.07 bits per heavy atom. The summed E-state index contributed by atoms with van der Waals surface area (Å²) in [5.74, 6) is 0. The number of hydrogen-bond donors (Lipinski definition) is 2. The molecule has 2 aromatic carbocycles. The molecule has 1 aliphatic heterocycles. The van der Waals surface area contributed by atoms with E-state index < -0.39 is 5.60 Å².